The number of carbonyl (C=O) groups excluding carboxylic acids is 1. The van der Waals surface area contributed by atoms with Gasteiger partial charge in [0.05, 0.1) is 34.0 Å². The van der Waals surface area contributed by atoms with Crippen LogP contribution in [0.5, 0.6) is 11.5 Å². The van der Waals surface area contributed by atoms with Gasteiger partial charge < -0.3 is 19.1 Å². The average molecular weight is 348 g/mol. The molecule has 2 aliphatic heterocycles. The molecule has 0 aromatic heterocycles. The maximum atomic E-state index is 12.8. The number of nitrogens with zero attached hydrogens (tertiary/aromatic N) is 2. The van der Waals surface area contributed by atoms with Gasteiger partial charge in [-0.25, -0.2) is 0 Å². The van der Waals surface area contributed by atoms with Crippen molar-refractivity contribution in [3.63, 3.8) is 0 Å². The van der Waals surface area contributed by atoms with Crippen molar-refractivity contribution in [3.05, 3.63) is 23.3 Å². The van der Waals surface area contributed by atoms with Crippen LogP contribution in [0, 0.1) is 0 Å². The first-order valence-corrected chi connectivity index (χ1v) is 8.88. The molecule has 2 atom stereocenters. The lowest BCUT2D eigenvalue weighted by Gasteiger charge is -2.39. The fraction of sp³-hybridized carbons (Fsp3) is 0.632. The second-order valence-corrected chi connectivity index (χ2v) is 6.95. The molecule has 2 heterocycles. The first-order valence-electron chi connectivity index (χ1n) is 8.88. The second kappa shape index (κ2) is 7.62. The highest BCUT2D eigenvalue weighted by Gasteiger charge is 2.30. The summed E-state index contributed by atoms with van der Waals surface area (Å²) in [6.07, 6.45) is 0.843. The summed E-state index contributed by atoms with van der Waals surface area (Å²) in [5.74, 6) is 1.64. The normalized spacial score (nSPS) is 23.9. The van der Waals surface area contributed by atoms with Gasteiger partial charge in [0, 0.05) is 25.2 Å². The highest BCUT2D eigenvalue weighted by Crippen LogP contribution is 2.33. The lowest BCUT2D eigenvalue weighted by molar-refractivity contribution is -0.137. The van der Waals surface area contributed by atoms with Gasteiger partial charge in [-0.05, 0) is 43.5 Å². The third-order valence-electron chi connectivity index (χ3n) is 5.24. The fourth-order valence-electron chi connectivity index (χ4n) is 3.70. The lowest BCUT2D eigenvalue weighted by atomic mass is 9.98. The highest BCUT2D eigenvalue weighted by molar-refractivity contribution is 5.78. The molecule has 0 saturated carbocycles. The Morgan fingerprint density at radius 1 is 1.12 bits per heavy atom. The standard InChI is InChI=1S/C19H28N2O4/c1-13-11-25-12-14(2)21(13)10-19(22)20-6-5-15-7-17(23-3)18(24-4)8-16(15)9-20/h7-8,13-14H,5-6,9-12H2,1-4H3. The number of carbonyl (C=O) groups is 1. The third kappa shape index (κ3) is 3.75. The van der Waals surface area contributed by atoms with Crippen molar-refractivity contribution in [1.29, 1.82) is 0 Å². The molecule has 2 aliphatic rings. The number of amides is 1. The Morgan fingerprint density at radius 2 is 1.72 bits per heavy atom. The molecule has 0 spiro atoms. The number of ether oxygens (including phenoxy) is 3. The van der Waals surface area contributed by atoms with E-state index in [0.29, 0.717) is 32.1 Å². The summed E-state index contributed by atoms with van der Waals surface area (Å²) in [7, 11) is 3.28. The van der Waals surface area contributed by atoms with Gasteiger partial charge in [-0.15, -0.1) is 0 Å². The van der Waals surface area contributed by atoms with Crippen molar-refractivity contribution < 1.29 is 19.0 Å². The van der Waals surface area contributed by atoms with Crippen LogP contribution in [0.2, 0.25) is 0 Å². The molecule has 1 saturated heterocycles. The summed E-state index contributed by atoms with van der Waals surface area (Å²) >= 11 is 0. The molecular weight excluding hydrogens is 320 g/mol. The molecule has 25 heavy (non-hydrogen) atoms. The molecule has 138 valence electrons. The van der Waals surface area contributed by atoms with Crippen LogP contribution in [0.15, 0.2) is 12.1 Å². The minimum absolute atomic E-state index is 0.182. The minimum Gasteiger partial charge on any atom is -0.493 e. The van der Waals surface area contributed by atoms with Gasteiger partial charge in [-0.2, -0.15) is 0 Å². The highest BCUT2D eigenvalue weighted by atomic mass is 16.5. The predicted octanol–water partition coefficient (Wildman–Crippen LogP) is 1.70. The van der Waals surface area contributed by atoms with Gasteiger partial charge in [0.2, 0.25) is 5.91 Å². The summed E-state index contributed by atoms with van der Waals surface area (Å²) in [5.41, 5.74) is 2.37. The van der Waals surface area contributed by atoms with Crippen LogP contribution in [-0.2, 0) is 22.5 Å². The van der Waals surface area contributed by atoms with Gasteiger partial charge in [-0.3, -0.25) is 9.69 Å². The maximum Gasteiger partial charge on any atom is 0.237 e. The Bertz CT molecular complexity index is 624. The largest absolute Gasteiger partial charge is 0.493 e. The SMILES string of the molecule is COc1cc2c(cc1OC)CN(C(=O)CN1C(C)COCC1C)CC2. The predicted molar refractivity (Wildman–Crippen MR) is 95.1 cm³/mol. The molecule has 6 nitrogen and oxygen atoms in total. The van der Waals surface area contributed by atoms with Crippen molar-refractivity contribution in [2.24, 2.45) is 0 Å². The van der Waals surface area contributed by atoms with Crippen LogP contribution in [-0.4, -0.2) is 68.3 Å². The summed E-state index contributed by atoms with van der Waals surface area (Å²) in [6, 6.07) is 4.57. The lowest BCUT2D eigenvalue weighted by Crippen LogP contribution is -2.53. The number of rotatable bonds is 4. The first-order chi connectivity index (χ1) is 12.0. The number of hydrogen-bond donors (Lipinski definition) is 0. The second-order valence-electron chi connectivity index (χ2n) is 6.95. The molecule has 0 bridgehead atoms. The zero-order chi connectivity index (χ0) is 18.0. The van der Waals surface area contributed by atoms with E-state index in [1.54, 1.807) is 14.2 Å². The zero-order valence-electron chi connectivity index (χ0n) is 15.6. The fourth-order valence-corrected chi connectivity index (χ4v) is 3.70. The van der Waals surface area contributed by atoms with Crippen LogP contribution < -0.4 is 9.47 Å². The Labute approximate surface area is 149 Å². The van der Waals surface area contributed by atoms with Crippen molar-refractivity contribution in [3.8, 4) is 11.5 Å². The smallest absolute Gasteiger partial charge is 0.237 e. The van der Waals surface area contributed by atoms with E-state index in [1.807, 2.05) is 17.0 Å². The Hall–Kier alpha value is -1.79. The first kappa shape index (κ1) is 18.0. The van der Waals surface area contributed by atoms with Crippen LogP contribution in [0.3, 0.4) is 0 Å². The molecule has 1 amide bonds. The molecule has 3 rings (SSSR count). The Balaban J connectivity index is 1.70. The Kier molecular flexibility index (Phi) is 5.49. The van der Waals surface area contributed by atoms with Crippen LogP contribution in [0.4, 0.5) is 0 Å². The van der Waals surface area contributed by atoms with E-state index in [0.717, 1.165) is 24.3 Å². The molecule has 2 unspecified atom stereocenters. The Morgan fingerprint density at radius 3 is 2.32 bits per heavy atom. The van der Waals surface area contributed by atoms with E-state index in [2.05, 4.69) is 18.7 Å². The number of morpholine rings is 1. The number of fused-ring (bicyclic) bond motifs is 1. The summed E-state index contributed by atoms with van der Waals surface area (Å²) < 4.78 is 16.3. The van der Waals surface area contributed by atoms with Gasteiger partial charge in [-0.1, -0.05) is 0 Å². The molecule has 1 aromatic carbocycles. The molecular formula is C19H28N2O4. The maximum absolute atomic E-state index is 12.8. The van der Waals surface area contributed by atoms with E-state index >= 15 is 0 Å². The quantitative estimate of drug-likeness (QED) is 0.829. The average Bonchev–Trinajstić information content (AvgIpc) is 2.62. The summed E-state index contributed by atoms with van der Waals surface area (Å²) in [5, 5.41) is 0. The van der Waals surface area contributed by atoms with Gasteiger partial charge in [0.15, 0.2) is 11.5 Å². The molecule has 0 aliphatic carbocycles. The number of hydrogen-bond acceptors (Lipinski definition) is 5. The summed E-state index contributed by atoms with van der Waals surface area (Å²) in [6.45, 7) is 7.44. The van der Waals surface area contributed by atoms with Crippen LogP contribution >= 0.6 is 0 Å². The molecule has 1 fully saturated rings. The molecule has 0 radical (unpaired) electrons. The van der Waals surface area contributed by atoms with Gasteiger partial charge >= 0.3 is 0 Å². The van der Waals surface area contributed by atoms with Crippen LogP contribution in [0.1, 0.15) is 25.0 Å². The van der Waals surface area contributed by atoms with Gasteiger partial charge in [0.1, 0.15) is 0 Å². The van der Waals surface area contributed by atoms with Crippen molar-refractivity contribution in [1.82, 2.24) is 9.80 Å². The van der Waals surface area contributed by atoms with Crippen molar-refractivity contribution >= 4 is 5.91 Å². The molecule has 6 heteroatoms. The zero-order valence-corrected chi connectivity index (χ0v) is 15.6. The summed E-state index contributed by atoms with van der Waals surface area (Å²) in [4.78, 5) is 17.0. The van der Waals surface area contributed by atoms with Crippen LogP contribution in [0.25, 0.3) is 0 Å². The van der Waals surface area contributed by atoms with Crippen molar-refractivity contribution in [2.45, 2.75) is 38.9 Å². The monoisotopic (exact) mass is 348 g/mol. The van der Waals surface area contributed by atoms with Crippen molar-refractivity contribution in [2.75, 3.05) is 40.5 Å². The number of methoxy groups -OCH3 is 2. The topological polar surface area (TPSA) is 51.2 Å². The van der Waals surface area contributed by atoms with E-state index in [9.17, 15) is 4.79 Å². The molecule has 1 aromatic rings. The number of benzene rings is 1. The van der Waals surface area contributed by atoms with E-state index in [1.165, 1.54) is 5.56 Å². The minimum atomic E-state index is 0.182. The van der Waals surface area contributed by atoms with Gasteiger partial charge in [0.25, 0.3) is 0 Å². The van der Waals surface area contributed by atoms with E-state index < -0.39 is 0 Å². The third-order valence-corrected chi connectivity index (χ3v) is 5.24. The van der Waals surface area contributed by atoms with E-state index in [-0.39, 0.29) is 18.0 Å². The van der Waals surface area contributed by atoms with E-state index in [4.69, 9.17) is 14.2 Å². The molecule has 0 N–H and O–H groups in total.